The molecule has 1 unspecified atom stereocenters. The highest BCUT2D eigenvalue weighted by atomic mass is 16.2. The van der Waals surface area contributed by atoms with Crippen molar-refractivity contribution in [1.29, 1.82) is 0 Å². The molecule has 1 aliphatic rings. The molecule has 0 radical (unpaired) electrons. The van der Waals surface area contributed by atoms with Gasteiger partial charge in [-0.1, -0.05) is 6.92 Å². The second kappa shape index (κ2) is 5.51. The maximum absolute atomic E-state index is 12.0. The third-order valence-corrected chi connectivity index (χ3v) is 3.68. The van der Waals surface area contributed by atoms with Gasteiger partial charge >= 0.3 is 0 Å². The number of nitrogen functional groups attached to an aromatic ring is 1. The van der Waals surface area contributed by atoms with E-state index in [4.69, 9.17) is 5.73 Å². The number of carbonyl (C=O) groups excluding carboxylic acids is 1. The fourth-order valence-electron chi connectivity index (χ4n) is 2.62. The van der Waals surface area contributed by atoms with Gasteiger partial charge in [0.1, 0.15) is 0 Å². The number of nitrogens with two attached hydrogens (primary N) is 1. The van der Waals surface area contributed by atoms with Crippen molar-refractivity contribution >= 4 is 17.3 Å². The third kappa shape index (κ3) is 3.00. The van der Waals surface area contributed by atoms with E-state index in [9.17, 15) is 4.79 Å². The summed E-state index contributed by atoms with van der Waals surface area (Å²) in [4.78, 5) is 15.9. The predicted molar refractivity (Wildman–Crippen MR) is 79.5 cm³/mol. The van der Waals surface area contributed by atoms with E-state index in [0.717, 1.165) is 24.5 Å². The van der Waals surface area contributed by atoms with Gasteiger partial charge in [-0.25, -0.2) is 0 Å². The fourth-order valence-corrected chi connectivity index (χ4v) is 2.62. The molecule has 1 aromatic carbocycles. The lowest BCUT2D eigenvalue weighted by Crippen LogP contribution is -2.35. The monoisotopic (exact) mass is 261 g/mol. The van der Waals surface area contributed by atoms with Crippen molar-refractivity contribution in [2.24, 2.45) is 5.92 Å². The summed E-state index contributed by atoms with van der Waals surface area (Å²) in [6.45, 7) is 4.30. The molecule has 0 saturated carbocycles. The zero-order valence-electron chi connectivity index (χ0n) is 12.0. The smallest absolute Gasteiger partial charge is 0.253 e. The molecule has 0 bridgehead atoms. The van der Waals surface area contributed by atoms with Crippen molar-refractivity contribution in [3.8, 4) is 0 Å². The van der Waals surface area contributed by atoms with E-state index in [1.165, 1.54) is 12.8 Å². The van der Waals surface area contributed by atoms with Crippen LogP contribution in [-0.2, 0) is 0 Å². The van der Waals surface area contributed by atoms with Gasteiger partial charge in [-0.15, -0.1) is 0 Å². The van der Waals surface area contributed by atoms with Gasteiger partial charge < -0.3 is 15.5 Å². The molecule has 1 aromatic rings. The second-order valence-corrected chi connectivity index (χ2v) is 5.67. The molecule has 0 spiro atoms. The molecule has 1 amide bonds. The van der Waals surface area contributed by atoms with Gasteiger partial charge in [0, 0.05) is 32.7 Å². The van der Waals surface area contributed by atoms with Crippen LogP contribution < -0.4 is 10.6 Å². The molecule has 19 heavy (non-hydrogen) atoms. The zero-order valence-corrected chi connectivity index (χ0v) is 12.0. The molecule has 1 fully saturated rings. The van der Waals surface area contributed by atoms with Crippen molar-refractivity contribution in [2.45, 2.75) is 19.8 Å². The normalized spacial score (nSPS) is 19.3. The molecular weight excluding hydrogens is 238 g/mol. The third-order valence-electron chi connectivity index (χ3n) is 3.68. The van der Waals surface area contributed by atoms with Crippen LogP contribution in [0.25, 0.3) is 0 Å². The van der Waals surface area contributed by atoms with Crippen LogP contribution in [0.15, 0.2) is 18.2 Å². The number of hydrogen-bond donors (Lipinski definition) is 1. The number of anilines is 2. The number of carbonyl (C=O) groups is 1. The molecule has 0 aromatic heterocycles. The Morgan fingerprint density at radius 1 is 1.42 bits per heavy atom. The SMILES string of the molecule is CC1CCCN(c2cc(C(=O)N(C)C)ccc2N)C1. The highest BCUT2D eigenvalue weighted by Gasteiger charge is 2.19. The summed E-state index contributed by atoms with van der Waals surface area (Å²) < 4.78 is 0. The Balaban J connectivity index is 2.29. The highest BCUT2D eigenvalue weighted by Crippen LogP contribution is 2.29. The minimum Gasteiger partial charge on any atom is -0.397 e. The number of nitrogens with zero attached hydrogens (tertiary/aromatic N) is 2. The van der Waals surface area contributed by atoms with Gasteiger partial charge in [0.2, 0.25) is 0 Å². The van der Waals surface area contributed by atoms with Crippen molar-refractivity contribution in [1.82, 2.24) is 4.90 Å². The topological polar surface area (TPSA) is 49.6 Å². The Labute approximate surface area is 115 Å². The second-order valence-electron chi connectivity index (χ2n) is 5.67. The number of rotatable bonds is 2. The van der Waals surface area contributed by atoms with E-state index >= 15 is 0 Å². The average Bonchev–Trinajstić information content (AvgIpc) is 2.38. The van der Waals surface area contributed by atoms with Gasteiger partial charge in [0.15, 0.2) is 0 Å². The Morgan fingerprint density at radius 3 is 2.79 bits per heavy atom. The van der Waals surface area contributed by atoms with E-state index in [0.29, 0.717) is 11.5 Å². The zero-order chi connectivity index (χ0) is 14.0. The van der Waals surface area contributed by atoms with Crippen molar-refractivity contribution in [3.05, 3.63) is 23.8 Å². The highest BCUT2D eigenvalue weighted by molar-refractivity contribution is 5.96. The number of piperidine rings is 1. The van der Waals surface area contributed by atoms with Crippen LogP contribution in [0.5, 0.6) is 0 Å². The summed E-state index contributed by atoms with van der Waals surface area (Å²) in [5, 5.41) is 0. The predicted octanol–water partition coefficient (Wildman–Crippen LogP) is 2.21. The first-order valence-electron chi connectivity index (χ1n) is 6.85. The van der Waals surface area contributed by atoms with Crippen LogP contribution in [0.1, 0.15) is 30.1 Å². The van der Waals surface area contributed by atoms with Gasteiger partial charge in [0.25, 0.3) is 5.91 Å². The Hall–Kier alpha value is -1.71. The van der Waals surface area contributed by atoms with E-state index < -0.39 is 0 Å². The summed E-state index contributed by atoms with van der Waals surface area (Å²) in [6, 6.07) is 5.57. The average molecular weight is 261 g/mol. The van der Waals surface area contributed by atoms with Crippen LogP contribution in [0.2, 0.25) is 0 Å². The van der Waals surface area contributed by atoms with Crippen molar-refractivity contribution in [2.75, 3.05) is 37.8 Å². The van der Waals surface area contributed by atoms with Gasteiger partial charge in [-0.05, 0) is 37.0 Å². The summed E-state index contributed by atoms with van der Waals surface area (Å²) in [7, 11) is 3.53. The lowest BCUT2D eigenvalue weighted by Gasteiger charge is -2.33. The van der Waals surface area contributed by atoms with Crippen molar-refractivity contribution in [3.63, 3.8) is 0 Å². The maximum Gasteiger partial charge on any atom is 0.253 e. The van der Waals surface area contributed by atoms with Crippen LogP contribution in [-0.4, -0.2) is 38.0 Å². The first-order valence-corrected chi connectivity index (χ1v) is 6.85. The van der Waals surface area contributed by atoms with E-state index in [1.54, 1.807) is 25.1 Å². The molecule has 0 aliphatic carbocycles. The van der Waals surface area contributed by atoms with Gasteiger partial charge in [-0.3, -0.25) is 4.79 Å². The Bertz CT molecular complexity index is 470. The molecule has 2 rings (SSSR count). The van der Waals surface area contributed by atoms with E-state index in [2.05, 4.69) is 11.8 Å². The largest absolute Gasteiger partial charge is 0.397 e. The molecule has 104 valence electrons. The van der Waals surface area contributed by atoms with Crippen LogP contribution >= 0.6 is 0 Å². The first kappa shape index (κ1) is 13.7. The molecule has 1 atom stereocenters. The standard InChI is InChI=1S/C15H23N3O/c1-11-5-4-8-18(10-11)14-9-12(6-7-13(14)16)15(19)17(2)3/h6-7,9,11H,4-5,8,10,16H2,1-3H3. The maximum atomic E-state index is 12.0. The quantitative estimate of drug-likeness (QED) is 0.830. The van der Waals surface area contributed by atoms with Crippen molar-refractivity contribution < 1.29 is 4.79 Å². The molecule has 1 heterocycles. The fraction of sp³-hybridized carbons (Fsp3) is 0.533. The molecule has 4 heteroatoms. The molecule has 4 nitrogen and oxygen atoms in total. The van der Waals surface area contributed by atoms with E-state index in [-0.39, 0.29) is 5.91 Å². The van der Waals surface area contributed by atoms with Gasteiger partial charge in [-0.2, -0.15) is 0 Å². The summed E-state index contributed by atoms with van der Waals surface area (Å²) in [5.74, 6) is 0.702. The Morgan fingerprint density at radius 2 is 2.16 bits per heavy atom. The van der Waals surface area contributed by atoms with Crippen LogP contribution in [0, 0.1) is 5.92 Å². The molecule has 1 saturated heterocycles. The lowest BCUT2D eigenvalue weighted by molar-refractivity contribution is 0.0827. The molecule has 1 aliphatic heterocycles. The van der Waals surface area contributed by atoms with Crippen LogP contribution in [0.3, 0.4) is 0 Å². The number of benzene rings is 1. The first-order chi connectivity index (χ1) is 8.99. The van der Waals surface area contributed by atoms with E-state index in [1.807, 2.05) is 12.1 Å². The Kier molecular flexibility index (Phi) is 3.98. The number of hydrogen-bond acceptors (Lipinski definition) is 3. The minimum absolute atomic E-state index is 0.0197. The summed E-state index contributed by atoms with van der Waals surface area (Å²) in [5.41, 5.74) is 8.53. The lowest BCUT2D eigenvalue weighted by atomic mass is 9.99. The number of amides is 1. The van der Waals surface area contributed by atoms with Gasteiger partial charge in [0.05, 0.1) is 11.4 Å². The summed E-state index contributed by atoms with van der Waals surface area (Å²) in [6.07, 6.45) is 2.46. The van der Waals surface area contributed by atoms with Crippen LogP contribution in [0.4, 0.5) is 11.4 Å². The summed E-state index contributed by atoms with van der Waals surface area (Å²) >= 11 is 0. The minimum atomic E-state index is 0.0197. The molecular formula is C15H23N3O. The molecule has 2 N–H and O–H groups in total.